The van der Waals surface area contributed by atoms with Crippen molar-refractivity contribution in [2.75, 3.05) is 0 Å². The number of ether oxygens (including phenoxy) is 3. The molecule has 0 saturated heterocycles. The number of esters is 2. The van der Waals surface area contributed by atoms with Crippen molar-refractivity contribution in [1.29, 1.82) is 0 Å². The van der Waals surface area contributed by atoms with Crippen LogP contribution in [-0.4, -0.2) is 53.3 Å². The fraction of sp³-hybridized carbons (Fsp3) is 0.421. The van der Waals surface area contributed by atoms with Crippen molar-refractivity contribution in [3.05, 3.63) is 108 Å². The summed E-state index contributed by atoms with van der Waals surface area (Å²) in [5, 5.41) is 8.52. The van der Waals surface area contributed by atoms with Crippen LogP contribution in [0, 0.1) is 11.8 Å². The Morgan fingerprint density at radius 1 is 0.765 bits per heavy atom. The second-order valence-corrected chi connectivity index (χ2v) is 12.4. The van der Waals surface area contributed by atoms with E-state index in [1.807, 2.05) is 119 Å². The second-order valence-electron chi connectivity index (χ2n) is 12.4. The van der Waals surface area contributed by atoms with E-state index in [9.17, 15) is 19.2 Å². The summed E-state index contributed by atoms with van der Waals surface area (Å²) in [5.74, 6) is -2.05. The van der Waals surface area contributed by atoms with Gasteiger partial charge in [-0.2, -0.15) is 0 Å². The van der Waals surface area contributed by atoms with Gasteiger partial charge in [0.05, 0.1) is 12.5 Å². The molecule has 3 rings (SSSR count). The first-order chi connectivity index (χ1) is 23.9. The van der Waals surface area contributed by atoms with Crippen molar-refractivity contribution in [2.24, 2.45) is 23.3 Å². The fourth-order valence-electron chi connectivity index (χ4n) is 4.62. The number of nitrogens with one attached hydrogen (secondary N) is 2. The molecule has 1 amide bonds. The smallest absolute Gasteiger partial charge is 0.421 e. The minimum atomic E-state index is -0.959. The van der Waals surface area contributed by atoms with Crippen LogP contribution < -0.4 is 22.3 Å². The number of benzene rings is 3. The van der Waals surface area contributed by atoms with E-state index in [0.717, 1.165) is 16.7 Å². The second kappa shape index (κ2) is 24.6. The van der Waals surface area contributed by atoms with Crippen molar-refractivity contribution < 1.29 is 38.5 Å². The maximum absolute atomic E-state index is 12.9. The lowest BCUT2D eigenvalue weighted by Crippen LogP contribution is -2.53. The van der Waals surface area contributed by atoms with Crippen molar-refractivity contribution in [1.82, 2.24) is 10.9 Å². The Bertz CT molecular complexity index is 1430. The summed E-state index contributed by atoms with van der Waals surface area (Å²) in [6.07, 6.45) is -0.273. The average Bonchev–Trinajstić information content (AvgIpc) is 3.12. The Morgan fingerprint density at radius 2 is 1.25 bits per heavy atom. The van der Waals surface area contributed by atoms with Crippen LogP contribution in [0.2, 0.25) is 0 Å². The summed E-state index contributed by atoms with van der Waals surface area (Å²) in [4.78, 5) is 48.4. The van der Waals surface area contributed by atoms with Gasteiger partial charge in [0, 0.05) is 0 Å². The predicted molar refractivity (Wildman–Crippen MR) is 197 cm³/mol. The van der Waals surface area contributed by atoms with Gasteiger partial charge in [0.2, 0.25) is 0 Å². The van der Waals surface area contributed by atoms with Crippen LogP contribution in [0.4, 0.5) is 4.79 Å². The summed E-state index contributed by atoms with van der Waals surface area (Å²) >= 11 is 0. The van der Waals surface area contributed by atoms with Crippen LogP contribution in [0.5, 0.6) is 0 Å². The normalized spacial score (nSPS) is 13.5. The molecule has 7 N–H and O–H groups in total. The van der Waals surface area contributed by atoms with E-state index >= 15 is 0 Å². The molecule has 12 nitrogen and oxygen atoms in total. The van der Waals surface area contributed by atoms with Gasteiger partial charge in [-0.15, -0.1) is 12.4 Å². The molecule has 0 aliphatic rings. The molecule has 0 unspecified atom stereocenters. The van der Waals surface area contributed by atoms with Gasteiger partial charge < -0.3 is 30.8 Å². The standard InChI is InChI=1S/C29H41N3O6.C9H11NO2.ClH/c1-5-21(4)27(30)28(34)38-25(17-26(33)36-18-22-12-8-6-9-13-22)24(16-20(2)3)31-32-29(35)37-19-23-14-10-7-11-15-23;10-8(9(11)12)6-7-4-2-1-3-5-7;/h6-15,20-21,24-25,27,31H,5,16-19,30H2,1-4H3,(H,32,35);1-5,8H,6,10H2,(H,11,12);1H/t21-,24-,25-,27-;8-;/m00./s1. The van der Waals surface area contributed by atoms with Crippen molar-refractivity contribution in [2.45, 2.75) is 90.8 Å². The first kappa shape index (κ1) is 44.5. The Labute approximate surface area is 307 Å². The third-order valence-corrected chi connectivity index (χ3v) is 7.77. The molecule has 3 aromatic rings. The third-order valence-electron chi connectivity index (χ3n) is 7.77. The lowest BCUT2D eigenvalue weighted by atomic mass is 9.97. The molecule has 0 heterocycles. The highest BCUT2D eigenvalue weighted by atomic mass is 35.5. The van der Waals surface area contributed by atoms with Crippen LogP contribution in [0.1, 0.15) is 63.6 Å². The quantitative estimate of drug-likeness (QED) is 0.0648. The Kier molecular flexibility index (Phi) is 21.5. The summed E-state index contributed by atoms with van der Waals surface area (Å²) in [6, 6.07) is 25.7. The van der Waals surface area contributed by atoms with Gasteiger partial charge in [-0.1, -0.05) is 125 Å². The zero-order valence-corrected chi connectivity index (χ0v) is 30.6. The minimum absolute atomic E-state index is 0. The van der Waals surface area contributed by atoms with Gasteiger partial charge in [0.15, 0.2) is 0 Å². The van der Waals surface area contributed by atoms with Crippen LogP contribution in [0.3, 0.4) is 0 Å². The SMILES string of the molecule is CC[C@H](C)[C@H](N)C(=O)O[C@@H](CC(=O)OCc1ccccc1)[C@H](CC(C)C)NNC(=O)OCc1ccccc1.Cl.N[C@@H](Cc1ccccc1)C(=O)O. The van der Waals surface area contributed by atoms with Gasteiger partial charge in [0.1, 0.15) is 31.4 Å². The van der Waals surface area contributed by atoms with Gasteiger partial charge in [-0.05, 0) is 41.4 Å². The Balaban J connectivity index is 0.000000843. The molecule has 280 valence electrons. The molecule has 0 aromatic heterocycles. The van der Waals surface area contributed by atoms with E-state index < -0.39 is 48.2 Å². The molecule has 0 spiro atoms. The molecule has 51 heavy (non-hydrogen) atoms. The van der Waals surface area contributed by atoms with Crippen LogP contribution >= 0.6 is 12.4 Å². The lowest BCUT2D eigenvalue weighted by molar-refractivity contribution is -0.159. The number of rotatable bonds is 18. The maximum atomic E-state index is 12.9. The van der Waals surface area contributed by atoms with Gasteiger partial charge in [-0.25, -0.2) is 10.2 Å². The summed E-state index contributed by atoms with van der Waals surface area (Å²) in [6.45, 7) is 7.96. The monoisotopic (exact) mass is 728 g/mol. The van der Waals surface area contributed by atoms with Gasteiger partial charge in [0.25, 0.3) is 0 Å². The largest absolute Gasteiger partial charge is 0.480 e. The summed E-state index contributed by atoms with van der Waals surface area (Å²) in [5.41, 5.74) is 19.5. The van der Waals surface area contributed by atoms with Crippen LogP contribution in [0.15, 0.2) is 91.0 Å². The number of carboxylic acid groups (broad SMARTS) is 1. The Morgan fingerprint density at radius 3 is 1.73 bits per heavy atom. The zero-order valence-electron chi connectivity index (χ0n) is 29.7. The Hall–Kier alpha value is -4.49. The average molecular weight is 729 g/mol. The van der Waals surface area contributed by atoms with Crippen molar-refractivity contribution >= 4 is 36.4 Å². The van der Waals surface area contributed by atoms with Gasteiger partial charge in [-0.3, -0.25) is 19.8 Å². The maximum Gasteiger partial charge on any atom is 0.421 e. The van der Waals surface area contributed by atoms with E-state index in [1.54, 1.807) is 0 Å². The highest BCUT2D eigenvalue weighted by Crippen LogP contribution is 2.18. The van der Waals surface area contributed by atoms with E-state index in [0.29, 0.717) is 19.3 Å². The van der Waals surface area contributed by atoms with E-state index in [4.69, 9.17) is 30.8 Å². The number of carbonyl (C=O) groups excluding carboxylic acids is 3. The molecule has 0 radical (unpaired) electrons. The molecule has 0 aliphatic carbocycles. The van der Waals surface area contributed by atoms with E-state index in [1.165, 1.54) is 0 Å². The number of halogens is 1. The molecule has 3 aromatic carbocycles. The number of hydrogen-bond acceptors (Lipinski definition) is 10. The summed E-state index contributed by atoms with van der Waals surface area (Å²) < 4.78 is 16.5. The van der Waals surface area contributed by atoms with Gasteiger partial charge >= 0.3 is 24.0 Å². The molecule has 0 saturated carbocycles. The third kappa shape index (κ3) is 18.4. The number of amides is 1. The number of hydrazine groups is 1. The minimum Gasteiger partial charge on any atom is -0.480 e. The lowest BCUT2D eigenvalue weighted by Gasteiger charge is -2.30. The highest BCUT2D eigenvalue weighted by molar-refractivity contribution is 5.85. The zero-order chi connectivity index (χ0) is 36.9. The molecule has 0 aliphatic heterocycles. The molecular formula is C38H53ClN4O8. The molecule has 0 bridgehead atoms. The molecule has 5 atom stereocenters. The first-order valence-corrected chi connectivity index (χ1v) is 16.8. The first-order valence-electron chi connectivity index (χ1n) is 16.8. The molecule has 13 heteroatoms. The van der Waals surface area contributed by atoms with Crippen molar-refractivity contribution in [3.63, 3.8) is 0 Å². The van der Waals surface area contributed by atoms with E-state index in [2.05, 4.69) is 10.9 Å². The number of nitrogens with two attached hydrogens (primary N) is 2. The predicted octanol–water partition coefficient (Wildman–Crippen LogP) is 5.31. The number of hydrogen-bond donors (Lipinski definition) is 5. The van der Waals surface area contributed by atoms with Crippen LogP contribution in [-0.2, 0) is 48.2 Å². The summed E-state index contributed by atoms with van der Waals surface area (Å²) in [7, 11) is 0. The topological polar surface area (TPSA) is 192 Å². The van der Waals surface area contributed by atoms with E-state index in [-0.39, 0.29) is 43.9 Å². The molecule has 0 fully saturated rings. The number of carboxylic acids is 1. The van der Waals surface area contributed by atoms with Crippen molar-refractivity contribution in [3.8, 4) is 0 Å². The number of aliphatic carboxylic acids is 1. The highest BCUT2D eigenvalue weighted by Gasteiger charge is 2.32. The van der Waals surface area contributed by atoms with Crippen LogP contribution in [0.25, 0.3) is 0 Å². The molecular weight excluding hydrogens is 676 g/mol. The number of carbonyl (C=O) groups is 4. The fourth-order valence-corrected chi connectivity index (χ4v) is 4.62.